The second-order valence-corrected chi connectivity index (χ2v) is 6.92. The molecule has 150 valence electrons. The number of aromatic nitrogens is 3. The van der Waals surface area contributed by atoms with Crippen LogP contribution in [0.25, 0.3) is 11.4 Å². The Morgan fingerprint density at radius 1 is 1.03 bits per heavy atom. The van der Waals surface area contributed by atoms with Gasteiger partial charge < -0.3 is 15.5 Å². The molecule has 7 heteroatoms. The SMILES string of the molecule is CN(C)CCCNc1cc(C(=O)NCc2ccccn2)nc(-c2ccccc2)n1. The van der Waals surface area contributed by atoms with Gasteiger partial charge in [-0.1, -0.05) is 36.4 Å². The number of amides is 1. The molecule has 0 aliphatic carbocycles. The van der Waals surface area contributed by atoms with Gasteiger partial charge in [0.2, 0.25) is 0 Å². The summed E-state index contributed by atoms with van der Waals surface area (Å²) in [7, 11) is 4.09. The van der Waals surface area contributed by atoms with E-state index in [4.69, 9.17) is 0 Å². The van der Waals surface area contributed by atoms with Crippen LogP contribution in [0.1, 0.15) is 22.6 Å². The van der Waals surface area contributed by atoms with Crippen molar-refractivity contribution in [3.05, 3.63) is 72.2 Å². The monoisotopic (exact) mass is 390 g/mol. The van der Waals surface area contributed by atoms with E-state index in [1.807, 2.05) is 62.6 Å². The summed E-state index contributed by atoms with van der Waals surface area (Å²) in [5.74, 6) is 0.901. The Labute approximate surface area is 171 Å². The smallest absolute Gasteiger partial charge is 0.270 e. The van der Waals surface area contributed by atoms with Gasteiger partial charge in [-0.15, -0.1) is 0 Å². The first kappa shape index (κ1) is 20.4. The van der Waals surface area contributed by atoms with Gasteiger partial charge in [0, 0.05) is 24.4 Å². The number of hydrogen-bond donors (Lipinski definition) is 2. The lowest BCUT2D eigenvalue weighted by Gasteiger charge is -2.12. The molecule has 29 heavy (non-hydrogen) atoms. The highest BCUT2D eigenvalue weighted by Gasteiger charge is 2.13. The molecule has 0 atom stereocenters. The van der Waals surface area contributed by atoms with E-state index in [0.717, 1.165) is 30.8 Å². The van der Waals surface area contributed by atoms with Crippen LogP contribution in [0.3, 0.4) is 0 Å². The van der Waals surface area contributed by atoms with E-state index >= 15 is 0 Å². The summed E-state index contributed by atoms with van der Waals surface area (Å²) in [6, 6.07) is 16.9. The molecule has 0 saturated heterocycles. The lowest BCUT2D eigenvalue weighted by atomic mass is 10.2. The minimum Gasteiger partial charge on any atom is -0.370 e. The molecule has 1 amide bonds. The lowest BCUT2D eigenvalue weighted by molar-refractivity contribution is 0.0945. The molecule has 0 bridgehead atoms. The Bertz CT molecular complexity index is 915. The number of carbonyl (C=O) groups excluding carboxylic acids is 1. The topological polar surface area (TPSA) is 83.0 Å². The van der Waals surface area contributed by atoms with Crippen molar-refractivity contribution < 1.29 is 4.79 Å². The number of nitrogens with one attached hydrogen (secondary N) is 2. The molecule has 0 fully saturated rings. The predicted molar refractivity (Wildman–Crippen MR) is 115 cm³/mol. The lowest BCUT2D eigenvalue weighted by Crippen LogP contribution is -2.25. The number of pyridine rings is 1. The van der Waals surface area contributed by atoms with Gasteiger partial charge in [-0.25, -0.2) is 9.97 Å². The van der Waals surface area contributed by atoms with Gasteiger partial charge >= 0.3 is 0 Å². The van der Waals surface area contributed by atoms with E-state index in [0.29, 0.717) is 23.9 Å². The van der Waals surface area contributed by atoms with Crippen molar-refractivity contribution >= 4 is 11.7 Å². The summed E-state index contributed by atoms with van der Waals surface area (Å²) >= 11 is 0. The van der Waals surface area contributed by atoms with Crippen LogP contribution in [0, 0.1) is 0 Å². The second-order valence-electron chi connectivity index (χ2n) is 6.92. The molecule has 1 aromatic carbocycles. The first-order valence-electron chi connectivity index (χ1n) is 9.63. The van der Waals surface area contributed by atoms with Crippen LogP contribution in [0.2, 0.25) is 0 Å². The van der Waals surface area contributed by atoms with Crippen LogP contribution >= 0.6 is 0 Å². The average Bonchev–Trinajstić information content (AvgIpc) is 2.76. The van der Waals surface area contributed by atoms with E-state index in [-0.39, 0.29) is 5.91 Å². The van der Waals surface area contributed by atoms with Crippen molar-refractivity contribution in [3.8, 4) is 11.4 Å². The van der Waals surface area contributed by atoms with Crippen LogP contribution in [-0.2, 0) is 6.54 Å². The number of benzene rings is 1. The third-order valence-electron chi connectivity index (χ3n) is 4.24. The first-order valence-corrected chi connectivity index (χ1v) is 9.63. The van der Waals surface area contributed by atoms with Crippen molar-refractivity contribution in [1.29, 1.82) is 0 Å². The maximum Gasteiger partial charge on any atom is 0.270 e. The molecule has 7 nitrogen and oxygen atoms in total. The molecule has 0 spiro atoms. The summed E-state index contributed by atoms with van der Waals surface area (Å²) in [4.78, 5) is 28.1. The zero-order valence-corrected chi connectivity index (χ0v) is 16.8. The molecular formula is C22H26N6O. The zero-order chi connectivity index (χ0) is 20.5. The standard InChI is InChI=1S/C22H26N6O/c1-28(2)14-8-13-24-20-15-19(22(29)25-16-18-11-6-7-12-23-18)26-21(27-20)17-9-4-3-5-10-17/h3-7,9-12,15H,8,13-14,16H2,1-2H3,(H,25,29)(H,24,26,27). The van der Waals surface area contributed by atoms with Gasteiger partial charge in [0.25, 0.3) is 5.91 Å². The minimum absolute atomic E-state index is 0.258. The Hall–Kier alpha value is -3.32. The van der Waals surface area contributed by atoms with Crippen molar-refractivity contribution in [2.45, 2.75) is 13.0 Å². The Balaban J connectivity index is 1.77. The Kier molecular flexibility index (Phi) is 7.24. The van der Waals surface area contributed by atoms with Crippen molar-refractivity contribution in [2.75, 3.05) is 32.5 Å². The van der Waals surface area contributed by atoms with Crippen molar-refractivity contribution in [2.24, 2.45) is 0 Å². The fraction of sp³-hybridized carbons (Fsp3) is 0.273. The van der Waals surface area contributed by atoms with Crippen LogP contribution in [-0.4, -0.2) is 52.9 Å². The van der Waals surface area contributed by atoms with Gasteiger partial charge in [0.15, 0.2) is 5.82 Å². The molecule has 0 radical (unpaired) electrons. The highest BCUT2D eigenvalue weighted by Crippen LogP contribution is 2.18. The van der Waals surface area contributed by atoms with Gasteiger partial charge in [0.05, 0.1) is 12.2 Å². The molecule has 0 aliphatic heterocycles. The van der Waals surface area contributed by atoms with Crippen LogP contribution in [0.5, 0.6) is 0 Å². The number of hydrogen-bond acceptors (Lipinski definition) is 6. The van der Waals surface area contributed by atoms with Gasteiger partial charge in [-0.2, -0.15) is 0 Å². The van der Waals surface area contributed by atoms with Gasteiger partial charge in [0.1, 0.15) is 11.5 Å². The number of anilines is 1. The average molecular weight is 390 g/mol. The summed E-state index contributed by atoms with van der Waals surface area (Å²) in [6.07, 6.45) is 2.67. The van der Waals surface area contributed by atoms with E-state index in [1.165, 1.54) is 0 Å². The fourth-order valence-corrected chi connectivity index (χ4v) is 2.75. The molecule has 0 saturated carbocycles. The summed E-state index contributed by atoms with van der Waals surface area (Å²) in [5, 5.41) is 6.19. The summed E-state index contributed by atoms with van der Waals surface area (Å²) in [6.45, 7) is 2.08. The van der Waals surface area contributed by atoms with E-state index < -0.39 is 0 Å². The van der Waals surface area contributed by atoms with Crippen molar-refractivity contribution in [1.82, 2.24) is 25.2 Å². The fourth-order valence-electron chi connectivity index (χ4n) is 2.75. The predicted octanol–water partition coefficient (Wildman–Crippen LogP) is 2.83. The first-order chi connectivity index (χ1) is 14.1. The molecule has 2 aromatic heterocycles. The van der Waals surface area contributed by atoms with Gasteiger partial charge in [-0.3, -0.25) is 9.78 Å². The molecule has 0 unspecified atom stereocenters. The molecular weight excluding hydrogens is 364 g/mol. The third-order valence-corrected chi connectivity index (χ3v) is 4.24. The molecule has 3 aromatic rings. The minimum atomic E-state index is -0.258. The van der Waals surface area contributed by atoms with Crippen LogP contribution in [0.15, 0.2) is 60.8 Å². The molecule has 0 aliphatic rings. The zero-order valence-electron chi connectivity index (χ0n) is 16.8. The molecule has 2 heterocycles. The summed E-state index contributed by atoms with van der Waals surface area (Å²) < 4.78 is 0. The highest BCUT2D eigenvalue weighted by molar-refractivity contribution is 5.93. The summed E-state index contributed by atoms with van der Waals surface area (Å²) in [5.41, 5.74) is 1.98. The Morgan fingerprint density at radius 3 is 2.55 bits per heavy atom. The number of nitrogens with zero attached hydrogens (tertiary/aromatic N) is 4. The van der Waals surface area contributed by atoms with Gasteiger partial charge in [-0.05, 0) is 39.2 Å². The maximum absolute atomic E-state index is 12.7. The van der Waals surface area contributed by atoms with Crippen LogP contribution < -0.4 is 10.6 Å². The van der Waals surface area contributed by atoms with E-state index in [2.05, 4.69) is 30.5 Å². The normalized spacial score (nSPS) is 10.7. The largest absolute Gasteiger partial charge is 0.370 e. The second kappa shape index (κ2) is 10.3. The van der Waals surface area contributed by atoms with E-state index in [9.17, 15) is 4.79 Å². The molecule has 3 rings (SSSR count). The molecule has 2 N–H and O–H groups in total. The van der Waals surface area contributed by atoms with Crippen molar-refractivity contribution in [3.63, 3.8) is 0 Å². The highest BCUT2D eigenvalue weighted by atomic mass is 16.1. The maximum atomic E-state index is 12.7. The number of rotatable bonds is 9. The Morgan fingerprint density at radius 2 is 1.83 bits per heavy atom. The van der Waals surface area contributed by atoms with Crippen LogP contribution in [0.4, 0.5) is 5.82 Å². The third kappa shape index (κ3) is 6.36. The van der Waals surface area contributed by atoms with E-state index in [1.54, 1.807) is 12.3 Å². The quantitative estimate of drug-likeness (QED) is 0.547. The number of carbonyl (C=O) groups is 1.